The smallest absolute Gasteiger partial charge is 0.332 e. The SMILES string of the molecule is C[C@@H]1CN([C@@H](c2ccc(-c3nn[nH][n+]3CCOCC#N)cc2)c2cccc(O)c2)[C@@H](C)CN1Cc1ccccc1. The second kappa shape index (κ2) is 12.8. The molecule has 9 heteroatoms. The number of hydrogen-bond donors (Lipinski definition) is 2. The van der Waals surface area contributed by atoms with E-state index < -0.39 is 0 Å². The van der Waals surface area contributed by atoms with Crippen LogP contribution < -0.4 is 4.68 Å². The van der Waals surface area contributed by atoms with Crippen molar-refractivity contribution >= 4 is 0 Å². The number of nitriles is 1. The van der Waals surface area contributed by atoms with Gasteiger partial charge in [0.1, 0.15) is 24.0 Å². The molecule has 4 aromatic rings. The van der Waals surface area contributed by atoms with Gasteiger partial charge in [-0.3, -0.25) is 9.80 Å². The van der Waals surface area contributed by atoms with Crippen molar-refractivity contribution in [3.8, 4) is 23.2 Å². The standard InChI is InChI=1S/C31H35N7O2/c1-23-21-37(24(2)20-36(23)22-25-7-4-3-5-8-25)30(28-9-6-10-29(39)19-28)26-11-13-27(14-12-26)31-33-34-35-38(31)16-18-40-17-15-32/h3-14,19,23-24,30,39H,16-18,20-22H2,1-2H3/p+1/t23-,24+,30+/m1/s1. The van der Waals surface area contributed by atoms with Crippen LogP contribution in [0.3, 0.4) is 0 Å². The molecule has 0 aliphatic carbocycles. The lowest BCUT2D eigenvalue weighted by Gasteiger charge is -2.47. The zero-order valence-electron chi connectivity index (χ0n) is 23.0. The molecule has 1 fully saturated rings. The minimum atomic E-state index is -0.0127. The Labute approximate surface area is 235 Å². The van der Waals surface area contributed by atoms with Crippen molar-refractivity contribution in [2.24, 2.45) is 0 Å². The van der Waals surface area contributed by atoms with Crippen LogP contribution in [-0.4, -0.2) is 68.8 Å². The highest BCUT2D eigenvalue weighted by Crippen LogP contribution is 2.35. The number of aromatic nitrogens is 4. The first-order valence-electron chi connectivity index (χ1n) is 13.7. The van der Waals surface area contributed by atoms with E-state index >= 15 is 0 Å². The Morgan fingerprint density at radius 2 is 1.82 bits per heavy atom. The number of rotatable bonds is 10. The molecule has 1 aromatic heterocycles. The number of tetrazole rings is 1. The summed E-state index contributed by atoms with van der Waals surface area (Å²) in [6.07, 6.45) is 0. The fourth-order valence-corrected chi connectivity index (χ4v) is 5.58. The van der Waals surface area contributed by atoms with Crippen molar-refractivity contribution in [2.45, 2.75) is 45.1 Å². The van der Waals surface area contributed by atoms with Crippen molar-refractivity contribution < 1.29 is 14.5 Å². The number of nitrogens with one attached hydrogen (secondary N) is 1. The quantitative estimate of drug-likeness (QED) is 0.234. The van der Waals surface area contributed by atoms with Crippen molar-refractivity contribution in [2.75, 3.05) is 26.3 Å². The third-order valence-electron chi connectivity index (χ3n) is 7.59. The van der Waals surface area contributed by atoms with Crippen molar-refractivity contribution in [3.05, 3.63) is 95.6 Å². The van der Waals surface area contributed by atoms with Gasteiger partial charge in [-0.05, 0) is 54.8 Å². The molecule has 0 saturated carbocycles. The Hall–Kier alpha value is -4.10. The van der Waals surface area contributed by atoms with Crippen LogP contribution in [0.15, 0.2) is 78.9 Å². The molecule has 0 unspecified atom stereocenters. The van der Waals surface area contributed by atoms with Gasteiger partial charge in [0.25, 0.3) is 0 Å². The van der Waals surface area contributed by atoms with Crippen molar-refractivity contribution in [1.82, 2.24) is 25.3 Å². The Morgan fingerprint density at radius 3 is 2.58 bits per heavy atom. The lowest BCUT2D eigenvalue weighted by atomic mass is 9.92. The first-order chi connectivity index (χ1) is 19.5. The fraction of sp³-hybridized carbons (Fsp3) is 0.355. The number of ether oxygens (including phenoxy) is 1. The van der Waals surface area contributed by atoms with Gasteiger partial charge in [-0.1, -0.05) is 59.8 Å². The predicted octanol–water partition coefficient (Wildman–Crippen LogP) is 3.69. The minimum Gasteiger partial charge on any atom is -0.508 e. The summed E-state index contributed by atoms with van der Waals surface area (Å²) in [7, 11) is 0. The topological polar surface area (TPSA) is 105 Å². The van der Waals surface area contributed by atoms with Crippen LogP contribution in [0.4, 0.5) is 0 Å². The van der Waals surface area contributed by atoms with Crippen LogP contribution >= 0.6 is 0 Å². The molecular weight excluding hydrogens is 502 g/mol. The van der Waals surface area contributed by atoms with E-state index in [9.17, 15) is 5.11 Å². The van der Waals surface area contributed by atoms with Crippen LogP contribution in [0.5, 0.6) is 5.75 Å². The van der Waals surface area contributed by atoms with Crippen LogP contribution in [0, 0.1) is 11.3 Å². The molecule has 1 aliphatic heterocycles. The summed E-state index contributed by atoms with van der Waals surface area (Å²) in [6.45, 7) is 8.34. The van der Waals surface area contributed by atoms with Gasteiger partial charge >= 0.3 is 5.82 Å². The van der Waals surface area contributed by atoms with Crippen LogP contribution in [0.1, 0.15) is 36.6 Å². The summed E-state index contributed by atoms with van der Waals surface area (Å²) in [5, 5.41) is 30.2. The Morgan fingerprint density at radius 1 is 1.02 bits per heavy atom. The van der Waals surface area contributed by atoms with E-state index in [-0.39, 0.29) is 18.4 Å². The van der Waals surface area contributed by atoms with Gasteiger partial charge in [-0.2, -0.15) is 9.94 Å². The van der Waals surface area contributed by atoms with E-state index in [0.29, 0.717) is 31.1 Å². The molecule has 0 bridgehead atoms. The molecule has 0 amide bonds. The number of aromatic amines is 1. The highest BCUT2D eigenvalue weighted by molar-refractivity contribution is 5.53. The van der Waals surface area contributed by atoms with Crippen molar-refractivity contribution in [1.29, 1.82) is 5.26 Å². The zero-order chi connectivity index (χ0) is 27.9. The summed E-state index contributed by atoms with van der Waals surface area (Å²) >= 11 is 0. The zero-order valence-corrected chi connectivity index (χ0v) is 23.0. The third kappa shape index (κ3) is 6.37. The highest BCUT2D eigenvalue weighted by atomic mass is 16.5. The molecule has 3 aromatic carbocycles. The average Bonchev–Trinajstić information content (AvgIpc) is 3.43. The fourth-order valence-electron chi connectivity index (χ4n) is 5.58. The van der Waals surface area contributed by atoms with E-state index in [1.165, 1.54) is 5.56 Å². The molecule has 206 valence electrons. The molecular formula is C31H36N7O2+. The van der Waals surface area contributed by atoms with Gasteiger partial charge in [0.2, 0.25) is 0 Å². The maximum Gasteiger partial charge on any atom is 0.332 e. The number of aromatic hydroxyl groups is 1. The molecule has 2 heterocycles. The van der Waals surface area contributed by atoms with Gasteiger partial charge in [-0.15, -0.1) is 0 Å². The number of hydrogen-bond acceptors (Lipinski definition) is 7. The van der Waals surface area contributed by atoms with E-state index in [0.717, 1.165) is 36.3 Å². The number of H-pyrrole nitrogens is 1. The highest BCUT2D eigenvalue weighted by Gasteiger charge is 2.35. The van der Waals surface area contributed by atoms with Crippen LogP contribution in [0.25, 0.3) is 11.4 Å². The van der Waals surface area contributed by atoms with Gasteiger partial charge in [-0.25, -0.2) is 0 Å². The lowest BCUT2D eigenvalue weighted by molar-refractivity contribution is -0.745. The van der Waals surface area contributed by atoms with Gasteiger partial charge < -0.3 is 9.84 Å². The van der Waals surface area contributed by atoms with E-state index in [1.807, 2.05) is 22.9 Å². The molecule has 3 atom stereocenters. The summed E-state index contributed by atoms with van der Waals surface area (Å²) in [6, 6.07) is 29.3. The van der Waals surface area contributed by atoms with E-state index in [2.05, 4.69) is 99.8 Å². The van der Waals surface area contributed by atoms with E-state index in [1.54, 1.807) is 6.07 Å². The number of phenols is 1. The predicted molar refractivity (Wildman–Crippen MR) is 151 cm³/mol. The molecule has 40 heavy (non-hydrogen) atoms. The largest absolute Gasteiger partial charge is 0.508 e. The molecule has 1 saturated heterocycles. The summed E-state index contributed by atoms with van der Waals surface area (Å²) in [4.78, 5) is 5.11. The Balaban J connectivity index is 1.39. The lowest BCUT2D eigenvalue weighted by Crippen LogP contribution is -2.56. The van der Waals surface area contributed by atoms with Gasteiger partial charge in [0.15, 0.2) is 5.21 Å². The third-order valence-corrected chi connectivity index (χ3v) is 7.59. The molecule has 9 nitrogen and oxygen atoms in total. The normalized spacial score (nSPS) is 18.8. The molecule has 0 spiro atoms. The minimum absolute atomic E-state index is 0.0127. The Bertz CT molecular complexity index is 1420. The van der Waals surface area contributed by atoms with Gasteiger partial charge in [0, 0.05) is 31.7 Å². The van der Waals surface area contributed by atoms with Crippen molar-refractivity contribution in [3.63, 3.8) is 0 Å². The first kappa shape index (κ1) is 27.5. The van der Waals surface area contributed by atoms with Crippen LogP contribution in [0.2, 0.25) is 0 Å². The molecule has 5 rings (SSSR count). The maximum absolute atomic E-state index is 10.4. The number of benzene rings is 3. The number of nitrogens with zero attached hydrogens (tertiary/aromatic N) is 6. The number of piperazine rings is 1. The Kier molecular flexibility index (Phi) is 8.81. The molecule has 0 radical (unpaired) electrons. The second-order valence-electron chi connectivity index (χ2n) is 10.4. The monoisotopic (exact) mass is 538 g/mol. The molecule has 1 aliphatic rings. The maximum atomic E-state index is 10.4. The first-order valence-corrected chi connectivity index (χ1v) is 13.7. The average molecular weight is 539 g/mol. The van der Waals surface area contributed by atoms with E-state index in [4.69, 9.17) is 10.00 Å². The summed E-state index contributed by atoms with van der Waals surface area (Å²) in [5.41, 5.74) is 4.48. The second-order valence-corrected chi connectivity index (χ2v) is 10.4. The summed E-state index contributed by atoms with van der Waals surface area (Å²) < 4.78 is 7.11. The van der Waals surface area contributed by atoms with Gasteiger partial charge in [0.05, 0.1) is 24.3 Å². The summed E-state index contributed by atoms with van der Waals surface area (Å²) in [5.74, 6) is 0.974. The van der Waals surface area contributed by atoms with Crippen LogP contribution in [-0.2, 0) is 17.8 Å². The molecule has 2 N–H and O–H groups in total. The number of phenolic OH excluding ortho intramolecular Hbond substituents is 1.